The van der Waals surface area contributed by atoms with Gasteiger partial charge in [0.15, 0.2) is 0 Å². The van der Waals surface area contributed by atoms with Gasteiger partial charge in [-0.25, -0.2) is 4.39 Å². The molecule has 0 saturated heterocycles. The average Bonchev–Trinajstić information content (AvgIpc) is 2.03. The monoisotopic (exact) mass is 186 g/mol. The van der Waals surface area contributed by atoms with Gasteiger partial charge in [0.05, 0.1) is 11.5 Å². The fraction of sp³-hybridized carbons (Fsp3) is 0.143. The highest BCUT2D eigenvalue weighted by atomic mass is 19.1. The summed E-state index contributed by atoms with van der Waals surface area (Å²) in [4.78, 5) is 9.59. The summed E-state index contributed by atoms with van der Waals surface area (Å²) in [6.45, 7) is -0.590. The summed E-state index contributed by atoms with van der Waals surface area (Å²) in [6.07, 6.45) is 0. The topological polar surface area (TPSA) is 89.4 Å². The molecule has 13 heavy (non-hydrogen) atoms. The van der Waals surface area contributed by atoms with Gasteiger partial charge in [-0.05, 0) is 0 Å². The van der Waals surface area contributed by atoms with Gasteiger partial charge >= 0.3 is 0 Å². The van der Waals surface area contributed by atoms with Crippen LogP contribution in [0.3, 0.4) is 0 Å². The maximum Gasteiger partial charge on any atom is 0.292 e. The van der Waals surface area contributed by atoms with E-state index in [1.54, 1.807) is 0 Å². The van der Waals surface area contributed by atoms with Crippen LogP contribution in [-0.4, -0.2) is 10.0 Å². The second kappa shape index (κ2) is 3.36. The summed E-state index contributed by atoms with van der Waals surface area (Å²) >= 11 is 0. The van der Waals surface area contributed by atoms with Crippen LogP contribution in [0.5, 0.6) is 0 Å². The Morgan fingerprint density at radius 3 is 2.69 bits per heavy atom. The fourth-order valence-corrected chi connectivity index (χ4v) is 0.900. The van der Waals surface area contributed by atoms with Crippen molar-refractivity contribution in [3.63, 3.8) is 0 Å². The number of nitro benzene ring substituents is 1. The number of nitrogens with two attached hydrogens (primary N) is 1. The standard InChI is InChI=1S/C7H7FN2O3/c8-5-2-6(9)7(10(12)13)1-4(5)3-11/h1-2,11H,3,9H2. The Labute approximate surface area is 72.7 Å². The van der Waals surface area contributed by atoms with Crippen LogP contribution in [0.1, 0.15) is 5.56 Å². The van der Waals surface area contributed by atoms with Crippen LogP contribution in [0.4, 0.5) is 15.8 Å². The zero-order valence-corrected chi connectivity index (χ0v) is 6.53. The van der Waals surface area contributed by atoms with E-state index in [4.69, 9.17) is 10.8 Å². The van der Waals surface area contributed by atoms with E-state index in [1.165, 1.54) is 0 Å². The second-order valence-corrected chi connectivity index (χ2v) is 2.42. The molecule has 1 aromatic carbocycles. The van der Waals surface area contributed by atoms with E-state index in [0.29, 0.717) is 0 Å². The highest BCUT2D eigenvalue weighted by Gasteiger charge is 2.15. The molecule has 0 spiro atoms. The Hall–Kier alpha value is -1.69. The second-order valence-electron chi connectivity index (χ2n) is 2.42. The zero-order chi connectivity index (χ0) is 10.0. The number of hydrogen-bond acceptors (Lipinski definition) is 4. The van der Waals surface area contributed by atoms with Gasteiger partial charge in [-0.1, -0.05) is 0 Å². The van der Waals surface area contributed by atoms with Crippen molar-refractivity contribution in [2.45, 2.75) is 6.61 Å². The van der Waals surface area contributed by atoms with Crippen molar-refractivity contribution >= 4 is 11.4 Å². The Morgan fingerprint density at radius 1 is 1.62 bits per heavy atom. The lowest BCUT2D eigenvalue weighted by molar-refractivity contribution is -0.384. The predicted molar refractivity (Wildman–Crippen MR) is 43.4 cm³/mol. The third kappa shape index (κ3) is 1.73. The van der Waals surface area contributed by atoms with Gasteiger partial charge in [0.25, 0.3) is 5.69 Å². The van der Waals surface area contributed by atoms with E-state index in [0.717, 1.165) is 12.1 Å². The molecule has 0 atom stereocenters. The quantitative estimate of drug-likeness (QED) is 0.406. The minimum absolute atomic E-state index is 0.138. The highest BCUT2D eigenvalue weighted by Crippen LogP contribution is 2.24. The first-order chi connectivity index (χ1) is 6.06. The lowest BCUT2D eigenvalue weighted by atomic mass is 10.1. The largest absolute Gasteiger partial charge is 0.393 e. The maximum absolute atomic E-state index is 12.8. The van der Waals surface area contributed by atoms with Crippen molar-refractivity contribution in [2.24, 2.45) is 0 Å². The van der Waals surface area contributed by atoms with Gasteiger partial charge in [0.1, 0.15) is 11.5 Å². The normalized spacial score (nSPS) is 10.0. The molecule has 3 N–H and O–H groups in total. The molecule has 0 aromatic heterocycles. The number of nitrogen functional groups attached to an aromatic ring is 1. The number of halogens is 1. The Bertz CT molecular complexity index is 354. The van der Waals surface area contributed by atoms with Gasteiger partial charge < -0.3 is 10.8 Å². The first kappa shape index (κ1) is 9.40. The maximum atomic E-state index is 12.8. The van der Waals surface area contributed by atoms with Gasteiger partial charge in [0.2, 0.25) is 0 Å². The Morgan fingerprint density at radius 2 is 2.23 bits per heavy atom. The Balaban J connectivity index is 3.30. The SMILES string of the molecule is Nc1cc(F)c(CO)cc1[N+](=O)[O-]. The van der Waals surface area contributed by atoms with Crippen LogP contribution in [0.25, 0.3) is 0 Å². The van der Waals surface area contributed by atoms with Crippen LogP contribution in [0, 0.1) is 15.9 Å². The average molecular weight is 186 g/mol. The smallest absolute Gasteiger partial charge is 0.292 e. The van der Waals surface area contributed by atoms with Crippen molar-refractivity contribution < 1.29 is 14.4 Å². The summed E-state index contributed by atoms with van der Waals surface area (Å²) in [5.74, 6) is -0.745. The number of nitrogens with zero attached hydrogens (tertiary/aromatic N) is 1. The summed E-state index contributed by atoms with van der Waals surface area (Å²) in [6, 6.07) is 1.74. The van der Waals surface area contributed by atoms with Crippen molar-refractivity contribution in [1.29, 1.82) is 0 Å². The minimum atomic E-state index is -0.745. The highest BCUT2D eigenvalue weighted by molar-refractivity contribution is 5.59. The van der Waals surface area contributed by atoms with Gasteiger partial charge in [-0.15, -0.1) is 0 Å². The number of anilines is 1. The summed E-state index contributed by atoms with van der Waals surface area (Å²) in [7, 11) is 0. The third-order valence-electron chi connectivity index (χ3n) is 1.56. The lowest BCUT2D eigenvalue weighted by Crippen LogP contribution is -1.99. The molecular weight excluding hydrogens is 179 g/mol. The fourth-order valence-electron chi connectivity index (χ4n) is 0.900. The number of hydrogen-bond donors (Lipinski definition) is 2. The number of benzene rings is 1. The first-order valence-electron chi connectivity index (χ1n) is 3.39. The summed E-state index contributed by atoms with van der Waals surface area (Å²) < 4.78 is 12.8. The van der Waals surface area contributed by atoms with Crippen LogP contribution in [-0.2, 0) is 6.61 Å². The van der Waals surface area contributed by atoms with Crippen molar-refractivity contribution in [3.8, 4) is 0 Å². The molecule has 1 aromatic rings. The number of nitro groups is 1. The zero-order valence-electron chi connectivity index (χ0n) is 6.53. The first-order valence-corrected chi connectivity index (χ1v) is 3.39. The van der Waals surface area contributed by atoms with Crippen molar-refractivity contribution in [3.05, 3.63) is 33.6 Å². The molecule has 1 rings (SSSR count). The van der Waals surface area contributed by atoms with Crippen LogP contribution >= 0.6 is 0 Å². The van der Waals surface area contributed by atoms with E-state index in [2.05, 4.69) is 0 Å². The molecule has 0 amide bonds. The molecule has 0 heterocycles. The predicted octanol–water partition coefficient (Wildman–Crippen LogP) is 0.808. The van der Waals surface area contributed by atoms with Crippen LogP contribution in [0.15, 0.2) is 12.1 Å². The Kier molecular flexibility index (Phi) is 2.43. The molecular formula is C7H7FN2O3. The van der Waals surface area contributed by atoms with Gasteiger partial charge in [-0.2, -0.15) is 0 Å². The molecule has 0 fully saturated rings. The molecule has 0 aliphatic heterocycles. The molecule has 6 heteroatoms. The lowest BCUT2D eigenvalue weighted by Gasteiger charge is -2.01. The molecule has 70 valence electrons. The van der Waals surface area contributed by atoms with E-state index < -0.39 is 23.0 Å². The number of aliphatic hydroxyl groups is 1. The summed E-state index contributed by atoms with van der Waals surface area (Å²) in [5.41, 5.74) is 4.40. The summed E-state index contributed by atoms with van der Waals surface area (Å²) in [5, 5.41) is 18.9. The molecule has 0 aliphatic rings. The van der Waals surface area contributed by atoms with E-state index in [9.17, 15) is 14.5 Å². The molecule has 0 bridgehead atoms. The molecule has 0 saturated carbocycles. The van der Waals surface area contributed by atoms with E-state index >= 15 is 0 Å². The molecule has 5 nitrogen and oxygen atoms in total. The van der Waals surface area contributed by atoms with Crippen molar-refractivity contribution in [1.82, 2.24) is 0 Å². The number of rotatable bonds is 2. The van der Waals surface area contributed by atoms with E-state index in [1.807, 2.05) is 0 Å². The third-order valence-corrected chi connectivity index (χ3v) is 1.56. The van der Waals surface area contributed by atoms with Gasteiger partial charge in [-0.3, -0.25) is 10.1 Å². The van der Waals surface area contributed by atoms with Crippen LogP contribution < -0.4 is 5.73 Å². The molecule has 0 unspecified atom stereocenters. The molecule has 0 radical (unpaired) electrons. The van der Waals surface area contributed by atoms with Crippen LogP contribution in [0.2, 0.25) is 0 Å². The number of aliphatic hydroxyl groups excluding tert-OH is 1. The minimum Gasteiger partial charge on any atom is -0.393 e. The van der Waals surface area contributed by atoms with Gasteiger partial charge in [0, 0.05) is 17.7 Å². The van der Waals surface area contributed by atoms with Crippen molar-refractivity contribution in [2.75, 3.05) is 5.73 Å². The van der Waals surface area contributed by atoms with E-state index in [-0.39, 0.29) is 11.3 Å². The molecule has 0 aliphatic carbocycles.